The van der Waals surface area contributed by atoms with Crippen molar-refractivity contribution < 1.29 is 121 Å². The number of ether oxygens (including phenoxy) is 5. The maximum Gasteiger partial charge on any atom is 0.330 e. The standard InChI is InChI=1S/C27H54N4O28P6/c1-21-19-31(27(35)30-26(21)34)25-18-22(32)23(54-25)20-53-61(38,39)56-63(42,43)58-65(46,47)59-64(44,45)57-62(40,41)55-60(36,37)52-9-5-3-2-4-8-29-24(33)6-10-48-12-14-50-16-17-51-15-13-49-11-7-28/h19,22-23,25,32H,2-18,20,28H2,1H3,(H,29,33)(H,36,37)(H,38,39)(H,40,41)(H,42,43)(H,44,45)(H,46,47)(H,30,34,35)/p-6/t22?,23-,25-/m1/s1. The molecule has 0 radical (unpaired) electrons. The molecule has 1 aromatic heterocycles. The Labute approximate surface area is 369 Å². The Morgan fingerprint density at radius 2 is 1.18 bits per heavy atom. The van der Waals surface area contributed by atoms with Gasteiger partial charge in [-0.1, -0.05) is 12.8 Å². The number of aryl methyl sites for hydroxylation is 1. The number of aliphatic hydroxyl groups excluding tert-OH is 1. The van der Waals surface area contributed by atoms with Crippen LogP contribution in [0.15, 0.2) is 15.8 Å². The third-order valence-electron chi connectivity index (χ3n) is 7.55. The number of nitrogens with one attached hydrogen (secondary N) is 2. The predicted octanol–water partition coefficient (Wildman–Crippen LogP) is -3.49. The number of hydrogen-bond acceptors (Lipinski definition) is 29. The quantitative estimate of drug-likeness (QED) is 0.0374. The highest BCUT2D eigenvalue weighted by atomic mass is 31.3. The largest absolute Gasteiger partial charge is 0.756 e. The number of carbonyl (C=O) groups excluding carboxylic acids is 1. The number of aromatic amines is 1. The van der Waals surface area contributed by atoms with Gasteiger partial charge >= 0.3 is 5.69 Å². The summed E-state index contributed by atoms with van der Waals surface area (Å²) in [6.07, 6.45) is -2.61. The van der Waals surface area contributed by atoms with E-state index in [1.165, 1.54) is 6.92 Å². The lowest BCUT2D eigenvalue weighted by atomic mass is 10.2. The van der Waals surface area contributed by atoms with E-state index in [9.17, 15) is 76.2 Å². The summed E-state index contributed by atoms with van der Waals surface area (Å²) in [6, 6.07) is 0. The Hall–Kier alpha value is -1.27. The van der Waals surface area contributed by atoms with Crippen LogP contribution in [0.5, 0.6) is 0 Å². The molecular formula is C27H48N4O28P6-6. The van der Waals surface area contributed by atoms with Crippen LogP contribution in [0.3, 0.4) is 0 Å². The molecule has 5 N–H and O–H groups in total. The molecule has 1 aliphatic rings. The van der Waals surface area contributed by atoms with Gasteiger partial charge in [-0.2, -0.15) is 0 Å². The first-order valence-corrected chi connectivity index (χ1v) is 27.6. The third kappa shape index (κ3) is 26.3. The second-order valence-corrected chi connectivity index (χ2v) is 22.0. The molecule has 1 aliphatic heterocycles. The van der Waals surface area contributed by atoms with E-state index in [1.54, 1.807) is 0 Å². The number of nitrogens with two attached hydrogens (primary N) is 1. The number of hydrogen-bond donors (Lipinski definition) is 4. The summed E-state index contributed by atoms with van der Waals surface area (Å²) in [5.41, 5.74) is 3.64. The molecular weight excluding hydrogens is 1010 g/mol. The highest BCUT2D eigenvalue weighted by molar-refractivity contribution is 7.71. The first-order chi connectivity index (χ1) is 30.2. The Kier molecular flexibility index (Phi) is 26.2. The molecule has 1 saturated heterocycles. The van der Waals surface area contributed by atoms with Crippen LogP contribution in [0, 0.1) is 6.92 Å². The molecule has 0 aromatic carbocycles. The van der Waals surface area contributed by atoms with Crippen molar-refractivity contribution in [2.75, 3.05) is 79.2 Å². The van der Waals surface area contributed by atoms with Crippen LogP contribution in [0.25, 0.3) is 0 Å². The van der Waals surface area contributed by atoms with Gasteiger partial charge in [0.25, 0.3) is 52.5 Å². The van der Waals surface area contributed by atoms with Crippen LogP contribution < -0.4 is 51.7 Å². The fourth-order valence-corrected chi connectivity index (χ4v) is 12.3. The van der Waals surface area contributed by atoms with E-state index >= 15 is 0 Å². The molecule has 65 heavy (non-hydrogen) atoms. The zero-order valence-electron chi connectivity index (χ0n) is 34.2. The molecule has 1 fully saturated rings. The molecule has 2 rings (SSSR count). The molecule has 38 heteroatoms. The minimum atomic E-state index is -6.94. The number of nitrogens with zero attached hydrogens (tertiary/aromatic N) is 1. The molecule has 380 valence electrons. The molecule has 9 atom stereocenters. The summed E-state index contributed by atoms with van der Waals surface area (Å²) in [5, 5.41) is 12.8. The Bertz CT molecular complexity index is 2060. The smallest absolute Gasteiger partial charge is 0.330 e. The van der Waals surface area contributed by atoms with Gasteiger partial charge in [-0.05, 0) is 19.8 Å². The molecule has 1 aromatic rings. The Morgan fingerprint density at radius 3 is 1.71 bits per heavy atom. The van der Waals surface area contributed by atoms with Crippen molar-refractivity contribution >= 4 is 52.8 Å². The molecule has 0 saturated carbocycles. The first-order valence-electron chi connectivity index (χ1n) is 18.8. The predicted molar refractivity (Wildman–Crippen MR) is 202 cm³/mol. The maximum atomic E-state index is 12.1. The minimum Gasteiger partial charge on any atom is -0.756 e. The molecule has 7 unspecified atom stereocenters. The van der Waals surface area contributed by atoms with Gasteiger partial charge < -0.3 is 78.2 Å². The van der Waals surface area contributed by atoms with E-state index in [4.69, 9.17) is 29.4 Å². The van der Waals surface area contributed by atoms with Gasteiger partial charge in [-0.3, -0.25) is 46.5 Å². The van der Waals surface area contributed by atoms with E-state index in [1.807, 2.05) is 4.98 Å². The van der Waals surface area contributed by atoms with Crippen molar-refractivity contribution in [3.05, 3.63) is 32.6 Å². The van der Waals surface area contributed by atoms with E-state index in [-0.39, 0.29) is 56.9 Å². The zero-order chi connectivity index (χ0) is 49.0. The van der Waals surface area contributed by atoms with E-state index in [0.717, 1.165) is 10.8 Å². The van der Waals surface area contributed by atoms with E-state index < -0.39 is 89.8 Å². The van der Waals surface area contributed by atoms with Gasteiger partial charge in [0.1, 0.15) is 12.3 Å². The van der Waals surface area contributed by atoms with Crippen LogP contribution >= 0.6 is 46.9 Å². The van der Waals surface area contributed by atoms with Crippen LogP contribution in [0.4, 0.5) is 0 Å². The summed E-state index contributed by atoms with van der Waals surface area (Å²) in [4.78, 5) is 109. The van der Waals surface area contributed by atoms with Gasteiger partial charge in [0, 0.05) is 37.7 Å². The molecule has 1 amide bonds. The number of unbranched alkanes of at least 4 members (excludes halogenated alkanes) is 3. The number of aliphatic hydroxyl groups is 1. The molecule has 0 aliphatic carbocycles. The lowest BCUT2D eigenvalue weighted by molar-refractivity contribution is -0.256. The van der Waals surface area contributed by atoms with Gasteiger partial charge in [0.05, 0.1) is 72.2 Å². The summed E-state index contributed by atoms with van der Waals surface area (Å²) in [6.45, 7) is 2.81. The normalized spacial score (nSPS) is 22.2. The van der Waals surface area contributed by atoms with Crippen molar-refractivity contribution in [1.82, 2.24) is 14.9 Å². The average molecular weight is 1060 g/mol. The molecule has 32 nitrogen and oxygen atoms in total. The summed E-state index contributed by atoms with van der Waals surface area (Å²) < 4.78 is 124. The van der Waals surface area contributed by atoms with E-state index in [0.29, 0.717) is 59.0 Å². The van der Waals surface area contributed by atoms with Crippen molar-refractivity contribution in [2.45, 2.75) is 63.9 Å². The van der Waals surface area contributed by atoms with Crippen LogP contribution in [0.2, 0.25) is 0 Å². The monoisotopic (exact) mass is 1060 g/mol. The van der Waals surface area contributed by atoms with Gasteiger partial charge in [-0.25, -0.2) is 26.3 Å². The first kappa shape index (κ1) is 59.9. The second-order valence-electron chi connectivity index (χ2n) is 12.9. The fraction of sp³-hybridized carbons (Fsp3) is 0.815. The SMILES string of the molecule is Cc1cn([C@H]2CC(O)[C@@H](COP(=O)([O-])OP(=O)([O-])OP(=O)([O-])OP(=O)([O-])OP(=O)([O-])OP(=O)([O-])OCCCCCCNC(=O)CCOCCOCCOCCOCCN)O2)c(=O)[nH]c1=O. The minimum absolute atomic E-state index is 0.0332. The van der Waals surface area contributed by atoms with Gasteiger partial charge in [0.2, 0.25) is 5.91 Å². The number of rotatable bonds is 36. The lowest BCUT2D eigenvalue weighted by Gasteiger charge is -2.38. The maximum absolute atomic E-state index is 12.1. The van der Waals surface area contributed by atoms with Crippen molar-refractivity contribution in [2.24, 2.45) is 5.73 Å². The summed E-state index contributed by atoms with van der Waals surface area (Å²) in [5.74, 6) is -0.296. The number of aromatic nitrogens is 2. The number of H-pyrrole nitrogens is 1. The van der Waals surface area contributed by atoms with E-state index in [2.05, 4.69) is 35.9 Å². The Morgan fingerprint density at radius 1 is 0.723 bits per heavy atom. The average Bonchev–Trinajstić information content (AvgIpc) is 3.52. The van der Waals surface area contributed by atoms with Gasteiger partial charge in [0.15, 0.2) is 0 Å². The highest BCUT2D eigenvalue weighted by Gasteiger charge is 2.38. The topological polar surface area (TPSA) is 482 Å². The number of amides is 1. The number of phosphoric ester groups is 2. The number of phosphoric acid groups is 6. The number of carbonyl (C=O) groups is 1. The highest BCUT2D eigenvalue weighted by Crippen LogP contribution is 2.70. The molecule has 2 heterocycles. The molecule has 0 bridgehead atoms. The van der Waals surface area contributed by atoms with Crippen LogP contribution in [-0.4, -0.2) is 112 Å². The van der Waals surface area contributed by atoms with Crippen LogP contribution in [-0.2, 0) is 86.5 Å². The Balaban J connectivity index is 1.65. The van der Waals surface area contributed by atoms with Crippen LogP contribution in [0.1, 0.15) is 50.3 Å². The second kappa shape index (κ2) is 28.4. The molecule has 0 spiro atoms. The zero-order valence-corrected chi connectivity index (χ0v) is 39.6. The third-order valence-corrected chi connectivity index (χ3v) is 16.5. The van der Waals surface area contributed by atoms with Crippen molar-refractivity contribution in [1.29, 1.82) is 0 Å². The fourth-order valence-electron chi connectivity index (χ4n) is 4.80. The van der Waals surface area contributed by atoms with Gasteiger partial charge in [-0.15, -0.1) is 0 Å². The summed E-state index contributed by atoms with van der Waals surface area (Å²) >= 11 is 0. The summed E-state index contributed by atoms with van der Waals surface area (Å²) in [7, 11) is -39.4. The lowest BCUT2D eigenvalue weighted by Crippen LogP contribution is -2.33. The van der Waals surface area contributed by atoms with Crippen molar-refractivity contribution in [3.63, 3.8) is 0 Å². The van der Waals surface area contributed by atoms with Crippen molar-refractivity contribution in [3.8, 4) is 0 Å².